The summed E-state index contributed by atoms with van der Waals surface area (Å²) in [6, 6.07) is 9.87. The van der Waals surface area contributed by atoms with E-state index in [2.05, 4.69) is 0 Å². The average Bonchev–Trinajstić information content (AvgIpc) is 2.81. The Morgan fingerprint density at radius 1 is 0.611 bits per heavy atom. The van der Waals surface area contributed by atoms with Crippen LogP contribution in [-0.4, -0.2) is 67.5 Å². The number of nitrogens with two attached hydrogens (primary N) is 4. The molecule has 0 aliphatic heterocycles. The van der Waals surface area contributed by atoms with E-state index in [-0.39, 0.29) is 37.2 Å². The van der Waals surface area contributed by atoms with Gasteiger partial charge < -0.3 is 48.5 Å². The zero-order valence-corrected chi connectivity index (χ0v) is 19.4. The molecule has 13 nitrogen and oxygen atoms in total. The van der Waals surface area contributed by atoms with E-state index in [1.54, 1.807) is 24.3 Å². The second kappa shape index (κ2) is 16.4. The number of hydrogen-bond acceptors (Lipinski definition) is 9. The number of amides is 1. The van der Waals surface area contributed by atoms with E-state index in [4.69, 9.17) is 48.5 Å². The van der Waals surface area contributed by atoms with Crippen molar-refractivity contribution in [2.45, 2.75) is 43.8 Å². The van der Waals surface area contributed by atoms with E-state index in [0.29, 0.717) is 0 Å². The van der Waals surface area contributed by atoms with Gasteiger partial charge in [0.05, 0.1) is 0 Å². The number of carbonyl (C=O) groups is 4. The molecule has 0 bridgehead atoms. The van der Waals surface area contributed by atoms with Gasteiger partial charge >= 0.3 is 17.9 Å². The average molecular weight is 509 g/mol. The smallest absolute Gasteiger partial charge is 0.320 e. The van der Waals surface area contributed by atoms with E-state index >= 15 is 0 Å². The maximum Gasteiger partial charge on any atom is 0.320 e. The molecule has 198 valence electrons. The minimum atomic E-state index is -1.11. The number of hydrogen-bond donors (Lipinski definition) is 9. The molecule has 2 aromatic rings. The lowest BCUT2D eigenvalue weighted by Gasteiger charge is -2.05. The molecule has 36 heavy (non-hydrogen) atoms. The molecule has 0 aliphatic carbocycles. The van der Waals surface area contributed by atoms with Crippen molar-refractivity contribution in [3.05, 3.63) is 59.7 Å². The number of phenols is 2. The number of aliphatic carboxylic acids is 3. The lowest BCUT2D eigenvalue weighted by Crippen LogP contribution is -2.32. The molecule has 0 aromatic heterocycles. The summed E-state index contributed by atoms with van der Waals surface area (Å²) in [4.78, 5) is 40.9. The molecule has 13 N–H and O–H groups in total. The summed E-state index contributed by atoms with van der Waals surface area (Å²) < 4.78 is 0. The van der Waals surface area contributed by atoms with Crippen LogP contribution >= 0.6 is 0 Å². The molecule has 0 saturated heterocycles. The predicted octanol–water partition coefficient (Wildman–Crippen LogP) is -0.643. The topological polar surface area (TPSA) is 274 Å². The molecular weight excluding hydrogens is 476 g/mol. The molecule has 0 radical (unpaired) electrons. The maximum atomic E-state index is 10.4. The molecule has 1 amide bonds. The fraction of sp³-hybridized carbons (Fsp3) is 0.304. The van der Waals surface area contributed by atoms with Crippen molar-refractivity contribution >= 4 is 23.8 Å². The number of carboxylic acid groups (broad SMARTS) is 3. The fourth-order valence-electron chi connectivity index (χ4n) is 2.37. The first-order valence-corrected chi connectivity index (χ1v) is 10.5. The van der Waals surface area contributed by atoms with Gasteiger partial charge in [-0.2, -0.15) is 0 Å². The Morgan fingerprint density at radius 2 is 0.917 bits per heavy atom. The minimum absolute atomic E-state index is 0.0213. The number of carbonyl (C=O) groups excluding carboxylic acids is 1. The largest absolute Gasteiger partial charge is 0.508 e. The third-order valence-electron chi connectivity index (χ3n) is 4.44. The summed E-state index contributed by atoms with van der Waals surface area (Å²) in [5.41, 5.74) is 22.1. The SMILES string of the molecule is NC(=O)CCC(N)C(=O)O.NC(Cc1ccc(O)cc1)C(=O)O.NC(Cc1ccc(O)cc1)C(=O)O. The van der Waals surface area contributed by atoms with Gasteiger partial charge in [-0.25, -0.2) is 0 Å². The number of phenolic OH excluding ortho intramolecular Hbond substituents is 2. The Balaban J connectivity index is 0.000000517. The van der Waals surface area contributed by atoms with Gasteiger partial charge in [-0.3, -0.25) is 19.2 Å². The number of rotatable bonds is 10. The standard InChI is InChI=1S/2C9H11NO3.C5H10N2O3/c2*10-8(9(12)13)5-6-1-3-7(11)4-2-6;6-3(5(9)10)1-2-4(7)8/h2*1-4,8,11H,5,10H2,(H,12,13);3H,1-2,6H2,(H2,7,8)(H,9,10). The molecule has 0 aliphatic rings. The maximum absolute atomic E-state index is 10.4. The summed E-state index contributed by atoms with van der Waals surface area (Å²) in [6.07, 6.45) is 0.670. The molecule has 3 unspecified atom stereocenters. The molecule has 0 fully saturated rings. The fourth-order valence-corrected chi connectivity index (χ4v) is 2.37. The first-order valence-electron chi connectivity index (χ1n) is 10.5. The van der Waals surface area contributed by atoms with Gasteiger partial charge in [0.15, 0.2) is 0 Å². The predicted molar refractivity (Wildman–Crippen MR) is 129 cm³/mol. The second-order valence-corrected chi connectivity index (χ2v) is 7.58. The van der Waals surface area contributed by atoms with E-state index < -0.39 is 41.9 Å². The number of aromatic hydroxyl groups is 2. The van der Waals surface area contributed by atoms with Gasteiger partial charge in [-0.15, -0.1) is 0 Å². The van der Waals surface area contributed by atoms with Gasteiger partial charge in [-0.05, 0) is 54.7 Å². The van der Waals surface area contributed by atoms with Crippen molar-refractivity contribution in [2.24, 2.45) is 22.9 Å². The zero-order chi connectivity index (χ0) is 27.8. The van der Waals surface area contributed by atoms with Crippen molar-refractivity contribution < 1.29 is 44.7 Å². The molecule has 0 spiro atoms. The van der Waals surface area contributed by atoms with Gasteiger partial charge in [0.25, 0.3) is 0 Å². The van der Waals surface area contributed by atoms with E-state index in [0.717, 1.165) is 11.1 Å². The number of carboxylic acids is 3. The summed E-state index contributed by atoms with van der Waals surface area (Å²) in [5.74, 6) is -3.36. The highest BCUT2D eigenvalue weighted by Crippen LogP contribution is 2.11. The van der Waals surface area contributed by atoms with Gasteiger partial charge in [0.1, 0.15) is 29.6 Å². The van der Waals surface area contributed by atoms with Gasteiger partial charge in [-0.1, -0.05) is 24.3 Å². The highest BCUT2D eigenvalue weighted by molar-refractivity contribution is 5.77. The quantitative estimate of drug-likeness (QED) is 0.194. The number of primary amides is 1. The van der Waals surface area contributed by atoms with E-state index in [1.807, 2.05) is 0 Å². The molecule has 13 heteroatoms. The van der Waals surface area contributed by atoms with Gasteiger partial charge in [0, 0.05) is 6.42 Å². The first kappa shape index (κ1) is 31.8. The summed E-state index contributed by atoms with van der Waals surface area (Å²) >= 11 is 0. The van der Waals surface area contributed by atoms with Crippen LogP contribution < -0.4 is 22.9 Å². The Bertz CT molecular complexity index is 919. The summed E-state index contributed by atoms with van der Waals surface area (Å²) in [5, 5.41) is 43.2. The van der Waals surface area contributed by atoms with Crippen LogP contribution in [-0.2, 0) is 32.0 Å². The monoisotopic (exact) mass is 508 g/mol. The van der Waals surface area contributed by atoms with Crippen LogP contribution in [0.3, 0.4) is 0 Å². The Kier molecular flexibility index (Phi) is 14.5. The Hall–Kier alpha value is -4.20. The third-order valence-corrected chi connectivity index (χ3v) is 4.44. The Morgan fingerprint density at radius 3 is 1.17 bits per heavy atom. The minimum Gasteiger partial charge on any atom is -0.508 e. The van der Waals surface area contributed by atoms with Crippen LogP contribution in [0.25, 0.3) is 0 Å². The van der Waals surface area contributed by atoms with Crippen molar-refractivity contribution in [1.29, 1.82) is 0 Å². The lowest BCUT2D eigenvalue weighted by molar-refractivity contribution is -0.139. The van der Waals surface area contributed by atoms with Crippen molar-refractivity contribution in [2.75, 3.05) is 0 Å². The van der Waals surface area contributed by atoms with Crippen LogP contribution in [0.1, 0.15) is 24.0 Å². The van der Waals surface area contributed by atoms with Gasteiger partial charge in [0.2, 0.25) is 5.91 Å². The van der Waals surface area contributed by atoms with Crippen LogP contribution in [0, 0.1) is 0 Å². The summed E-state index contributed by atoms with van der Waals surface area (Å²) in [6.45, 7) is 0. The van der Waals surface area contributed by atoms with Crippen LogP contribution in [0.15, 0.2) is 48.5 Å². The highest BCUT2D eigenvalue weighted by Gasteiger charge is 2.13. The lowest BCUT2D eigenvalue weighted by atomic mass is 10.1. The van der Waals surface area contributed by atoms with Crippen LogP contribution in [0.2, 0.25) is 0 Å². The molecule has 0 heterocycles. The van der Waals surface area contributed by atoms with Crippen molar-refractivity contribution in [1.82, 2.24) is 0 Å². The van der Waals surface area contributed by atoms with E-state index in [9.17, 15) is 19.2 Å². The zero-order valence-electron chi connectivity index (χ0n) is 19.4. The Labute approximate surface area is 206 Å². The van der Waals surface area contributed by atoms with Crippen molar-refractivity contribution in [3.63, 3.8) is 0 Å². The molecule has 0 saturated carbocycles. The highest BCUT2D eigenvalue weighted by atomic mass is 16.4. The summed E-state index contributed by atoms with van der Waals surface area (Å²) in [7, 11) is 0. The molecule has 3 atom stereocenters. The van der Waals surface area contributed by atoms with Crippen LogP contribution in [0.4, 0.5) is 0 Å². The second-order valence-electron chi connectivity index (χ2n) is 7.58. The van der Waals surface area contributed by atoms with Crippen LogP contribution in [0.5, 0.6) is 11.5 Å². The molecule has 2 rings (SSSR count). The third kappa shape index (κ3) is 14.8. The first-order chi connectivity index (χ1) is 16.7. The van der Waals surface area contributed by atoms with Crippen molar-refractivity contribution in [3.8, 4) is 11.5 Å². The van der Waals surface area contributed by atoms with E-state index in [1.165, 1.54) is 24.3 Å². The molecular formula is C23H32N4O9. The molecule has 2 aromatic carbocycles. The number of benzene rings is 2. The normalized spacial score (nSPS) is 12.4.